The van der Waals surface area contributed by atoms with Crippen molar-refractivity contribution < 1.29 is 18.8 Å². The van der Waals surface area contributed by atoms with Crippen LogP contribution in [0.25, 0.3) is 0 Å². The number of ether oxygens (including phenoxy) is 1. The lowest BCUT2D eigenvalue weighted by Gasteiger charge is -2.32. The van der Waals surface area contributed by atoms with Gasteiger partial charge in [0.1, 0.15) is 0 Å². The van der Waals surface area contributed by atoms with Crippen molar-refractivity contribution in [3.63, 3.8) is 0 Å². The van der Waals surface area contributed by atoms with Gasteiger partial charge in [0.25, 0.3) is 5.91 Å². The highest BCUT2D eigenvalue weighted by Gasteiger charge is 2.51. The van der Waals surface area contributed by atoms with E-state index < -0.39 is 12.7 Å². The predicted molar refractivity (Wildman–Crippen MR) is 101 cm³/mol. The summed E-state index contributed by atoms with van der Waals surface area (Å²) in [6.45, 7) is 8.76. The van der Waals surface area contributed by atoms with Gasteiger partial charge in [0, 0.05) is 32.7 Å². The molecule has 1 aromatic carbocycles. The third-order valence-corrected chi connectivity index (χ3v) is 5.66. The highest BCUT2D eigenvalue weighted by Crippen LogP contribution is 2.36. The van der Waals surface area contributed by atoms with E-state index in [9.17, 15) is 4.79 Å². The standard InChI is InChI=1S/C20H26BNO4/c1-18(2)19(3,4)26-21(25-18)16-9-7-8-15(14-16)10-11-20(24-6)12-13-22(5)17(20)23/h7-9,14H,12-13H2,1-6H3. The first-order valence-electron chi connectivity index (χ1n) is 8.90. The highest BCUT2D eigenvalue weighted by molar-refractivity contribution is 6.62. The number of nitrogens with zero attached hydrogens (tertiary/aromatic N) is 1. The van der Waals surface area contributed by atoms with Crippen LogP contribution < -0.4 is 5.46 Å². The van der Waals surface area contributed by atoms with Crippen LogP contribution >= 0.6 is 0 Å². The van der Waals surface area contributed by atoms with Crippen molar-refractivity contribution in [3.05, 3.63) is 29.8 Å². The molecule has 0 bridgehead atoms. The zero-order valence-electron chi connectivity index (χ0n) is 16.4. The molecule has 2 aliphatic heterocycles. The van der Waals surface area contributed by atoms with Gasteiger partial charge in [-0.1, -0.05) is 24.0 Å². The lowest BCUT2D eigenvalue weighted by molar-refractivity contribution is -0.139. The van der Waals surface area contributed by atoms with Crippen molar-refractivity contribution in [2.45, 2.75) is 50.9 Å². The van der Waals surface area contributed by atoms with Crippen LogP contribution in [0.2, 0.25) is 0 Å². The number of hydrogen-bond acceptors (Lipinski definition) is 4. The molecule has 0 radical (unpaired) electrons. The zero-order valence-corrected chi connectivity index (χ0v) is 16.4. The van der Waals surface area contributed by atoms with Crippen LogP contribution in [0, 0.1) is 11.8 Å². The molecule has 0 aliphatic carbocycles. The molecular formula is C20H26BNO4. The summed E-state index contributed by atoms with van der Waals surface area (Å²) < 4.78 is 17.7. The van der Waals surface area contributed by atoms with Crippen LogP contribution in [0.4, 0.5) is 0 Å². The Bertz CT molecular complexity index is 764. The van der Waals surface area contributed by atoms with Gasteiger partial charge in [-0.25, -0.2) is 0 Å². The summed E-state index contributed by atoms with van der Waals surface area (Å²) in [5.41, 5.74) is -0.108. The SMILES string of the molecule is COC1(C#Cc2cccc(B3OC(C)(C)C(C)(C)O3)c2)CCN(C)C1=O. The third kappa shape index (κ3) is 3.16. The van der Waals surface area contributed by atoms with Crippen molar-refractivity contribution in [1.82, 2.24) is 4.90 Å². The van der Waals surface area contributed by atoms with E-state index in [0.29, 0.717) is 13.0 Å². The number of hydrogen-bond donors (Lipinski definition) is 0. The van der Waals surface area contributed by atoms with Crippen LogP contribution in [-0.2, 0) is 18.8 Å². The second-order valence-corrected chi connectivity index (χ2v) is 7.97. The second kappa shape index (κ2) is 6.42. The summed E-state index contributed by atoms with van der Waals surface area (Å²) in [7, 11) is 2.87. The number of rotatable bonds is 2. The maximum Gasteiger partial charge on any atom is 0.494 e. The number of likely N-dealkylation sites (N-methyl/N-ethyl adjacent to an activating group) is 1. The fraction of sp³-hybridized carbons (Fsp3) is 0.550. The van der Waals surface area contributed by atoms with Gasteiger partial charge in [0.2, 0.25) is 5.60 Å². The molecule has 26 heavy (non-hydrogen) atoms. The van der Waals surface area contributed by atoms with E-state index >= 15 is 0 Å². The number of methoxy groups -OCH3 is 1. The molecular weight excluding hydrogens is 329 g/mol. The number of amides is 1. The molecule has 2 saturated heterocycles. The number of likely N-dealkylation sites (tertiary alicyclic amines) is 1. The predicted octanol–water partition coefficient (Wildman–Crippen LogP) is 1.58. The van der Waals surface area contributed by atoms with Crippen molar-refractivity contribution in [2.75, 3.05) is 20.7 Å². The minimum atomic E-state index is -1.05. The first kappa shape index (κ1) is 19.0. The summed E-state index contributed by atoms with van der Waals surface area (Å²) in [5.74, 6) is 6.06. The summed E-state index contributed by atoms with van der Waals surface area (Å²) in [6, 6.07) is 7.75. The van der Waals surface area contributed by atoms with E-state index in [1.54, 1.807) is 11.9 Å². The van der Waals surface area contributed by atoms with Crippen LogP contribution in [0.5, 0.6) is 0 Å². The Balaban J connectivity index is 1.85. The number of carbonyl (C=O) groups excluding carboxylic acids is 1. The molecule has 2 fully saturated rings. The molecule has 0 saturated carbocycles. The fourth-order valence-electron chi connectivity index (χ4n) is 3.11. The Labute approximate surface area is 156 Å². The molecule has 3 rings (SSSR count). The molecule has 138 valence electrons. The van der Waals surface area contributed by atoms with Gasteiger partial charge in [-0.2, -0.15) is 0 Å². The summed E-state index contributed by atoms with van der Waals surface area (Å²) in [4.78, 5) is 14.0. The second-order valence-electron chi connectivity index (χ2n) is 7.97. The Morgan fingerprint density at radius 3 is 2.38 bits per heavy atom. The normalized spacial score (nSPS) is 26.8. The van der Waals surface area contributed by atoms with Crippen LogP contribution in [0.1, 0.15) is 39.7 Å². The monoisotopic (exact) mass is 355 g/mol. The van der Waals surface area contributed by atoms with E-state index in [0.717, 1.165) is 11.0 Å². The molecule has 5 nitrogen and oxygen atoms in total. The summed E-state index contributed by atoms with van der Waals surface area (Å²) >= 11 is 0. The topological polar surface area (TPSA) is 48.0 Å². The maximum absolute atomic E-state index is 12.4. The Morgan fingerprint density at radius 1 is 1.19 bits per heavy atom. The Morgan fingerprint density at radius 2 is 1.85 bits per heavy atom. The summed E-state index contributed by atoms with van der Waals surface area (Å²) in [5, 5.41) is 0. The first-order chi connectivity index (χ1) is 12.1. The molecule has 2 heterocycles. The average Bonchev–Trinajstić information content (AvgIpc) is 3.00. The first-order valence-corrected chi connectivity index (χ1v) is 8.90. The van der Waals surface area contributed by atoms with Gasteiger partial charge >= 0.3 is 7.12 Å². The van der Waals surface area contributed by atoms with Crippen molar-refractivity contribution in [1.29, 1.82) is 0 Å². The largest absolute Gasteiger partial charge is 0.494 e. The molecule has 1 aromatic rings. The van der Waals surface area contributed by atoms with E-state index in [-0.39, 0.29) is 17.1 Å². The van der Waals surface area contributed by atoms with Crippen molar-refractivity contribution in [3.8, 4) is 11.8 Å². The molecule has 1 unspecified atom stereocenters. The zero-order chi connectivity index (χ0) is 19.2. The molecule has 1 atom stereocenters. The smallest absolute Gasteiger partial charge is 0.399 e. The van der Waals surface area contributed by atoms with E-state index in [2.05, 4.69) is 11.8 Å². The van der Waals surface area contributed by atoms with Gasteiger partial charge in [0.05, 0.1) is 11.2 Å². The van der Waals surface area contributed by atoms with E-state index in [1.165, 1.54) is 7.11 Å². The van der Waals surface area contributed by atoms with Gasteiger partial charge in [-0.15, -0.1) is 0 Å². The minimum absolute atomic E-state index is 0.0883. The minimum Gasteiger partial charge on any atom is -0.399 e. The molecule has 2 aliphatic rings. The Kier molecular flexibility index (Phi) is 4.68. The Hall–Kier alpha value is -1.81. The van der Waals surface area contributed by atoms with Crippen LogP contribution in [0.15, 0.2) is 24.3 Å². The van der Waals surface area contributed by atoms with Gasteiger partial charge < -0.3 is 18.9 Å². The highest BCUT2D eigenvalue weighted by atomic mass is 16.7. The van der Waals surface area contributed by atoms with Crippen LogP contribution in [0.3, 0.4) is 0 Å². The third-order valence-electron chi connectivity index (χ3n) is 5.66. The summed E-state index contributed by atoms with van der Waals surface area (Å²) in [6.07, 6.45) is 0.572. The molecule has 1 amide bonds. The average molecular weight is 355 g/mol. The van der Waals surface area contributed by atoms with E-state index in [1.807, 2.05) is 52.0 Å². The quantitative estimate of drug-likeness (QED) is 0.597. The number of benzene rings is 1. The molecule has 0 spiro atoms. The van der Waals surface area contributed by atoms with Gasteiger partial charge in [-0.05, 0) is 45.3 Å². The lowest BCUT2D eigenvalue weighted by Crippen LogP contribution is -2.41. The van der Waals surface area contributed by atoms with Crippen LogP contribution in [-0.4, -0.2) is 55.4 Å². The molecule has 0 aromatic heterocycles. The lowest BCUT2D eigenvalue weighted by atomic mass is 9.78. The number of carbonyl (C=O) groups is 1. The van der Waals surface area contributed by atoms with Gasteiger partial charge in [-0.3, -0.25) is 4.79 Å². The maximum atomic E-state index is 12.4. The van der Waals surface area contributed by atoms with Crippen molar-refractivity contribution >= 4 is 18.5 Å². The van der Waals surface area contributed by atoms with E-state index in [4.69, 9.17) is 14.0 Å². The molecule has 0 N–H and O–H groups in total. The van der Waals surface area contributed by atoms with Crippen molar-refractivity contribution in [2.24, 2.45) is 0 Å². The van der Waals surface area contributed by atoms with Gasteiger partial charge in [0.15, 0.2) is 0 Å². The fourth-order valence-corrected chi connectivity index (χ4v) is 3.11. The molecule has 6 heteroatoms.